The van der Waals surface area contributed by atoms with Crippen LogP contribution in [0.3, 0.4) is 0 Å². The van der Waals surface area contributed by atoms with E-state index in [2.05, 4.69) is 88.8 Å². The molecule has 5 rings (SSSR count). The molecular weight excluding hydrogens is 480 g/mol. The van der Waals surface area contributed by atoms with Crippen LogP contribution in [0, 0.1) is 87.3 Å². The molecular formula is C40H64. The van der Waals surface area contributed by atoms with Gasteiger partial charge in [0.2, 0.25) is 0 Å². The van der Waals surface area contributed by atoms with Crippen LogP contribution in [0.15, 0.2) is 48.1 Å². The van der Waals surface area contributed by atoms with Gasteiger partial charge >= 0.3 is 0 Å². The van der Waals surface area contributed by atoms with Crippen LogP contribution in [0.25, 0.3) is 0 Å². The molecule has 0 aliphatic heterocycles. The van der Waals surface area contributed by atoms with Gasteiger partial charge in [0.15, 0.2) is 0 Å². The van der Waals surface area contributed by atoms with Crippen molar-refractivity contribution in [2.24, 2.45) is 87.3 Å². The van der Waals surface area contributed by atoms with Crippen LogP contribution < -0.4 is 0 Å². The minimum absolute atomic E-state index is 0.124. The van der Waals surface area contributed by atoms with Gasteiger partial charge < -0.3 is 0 Å². The molecule has 0 spiro atoms. The van der Waals surface area contributed by atoms with E-state index in [1.807, 2.05) is 0 Å². The number of hydrogen-bond donors (Lipinski definition) is 0. The molecule has 0 N–H and O–H groups in total. The van der Waals surface area contributed by atoms with Crippen LogP contribution in [0.2, 0.25) is 0 Å². The molecule has 224 valence electrons. The first-order chi connectivity index (χ1) is 18.5. The first kappa shape index (κ1) is 30.4. The third kappa shape index (κ3) is 4.18. The maximum absolute atomic E-state index is 5.16. The van der Waals surface area contributed by atoms with Crippen molar-refractivity contribution in [3.63, 3.8) is 0 Å². The lowest BCUT2D eigenvalue weighted by molar-refractivity contribution is -0.166. The zero-order chi connectivity index (χ0) is 29.7. The highest BCUT2D eigenvalue weighted by molar-refractivity contribution is 5.36. The van der Waals surface area contributed by atoms with Gasteiger partial charge in [0, 0.05) is 5.92 Å². The van der Waals surface area contributed by atoms with Crippen LogP contribution in [-0.2, 0) is 0 Å². The zero-order valence-corrected chi connectivity index (χ0v) is 28.4. The van der Waals surface area contributed by atoms with Crippen molar-refractivity contribution in [1.82, 2.24) is 0 Å². The van der Waals surface area contributed by atoms with Gasteiger partial charge in [0.25, 0.3) is 0 Å². The number of rotatable bonds is 3. The molecule has 4 saturated carbocycles. The molecule has 0 radical (unpaired) electrons. The second-order valence-electron chi connectivity index (χ2n) is 17.6. The molecule has 14 unspecified atom stereocenters. The van der Waals surface area contributed by atoms with Crippen molar-refractivity contribution in [1.29, 1.82) is 0 Å². The molecule has 0 nitrogen and oxygen atoms in total. The number of allylic oxidation sites excluding steroid dienone is 5. The van der Waals surface area contributed by atoms with Crippen molar-refractivity contribution in [2.45, 2.75) is 115 Å². The van der Waals surface area contributed by atoms with E-state index in [0.717, 1.165) is 41.4 Å². The van der Waals surface area contributed by atoms with E-state index < -0.39 is 0 Å². The average molecular weight is 545 g/mol. The van der Waals surface area contributed by atoms with E-state index in [9.17, 15) is 0 Å². The van der Waals surface area contributed by atoms with Crippen molar-refractivity contribution >= 4 is 0 Å². The third-order valence-electron chi connectivity index (χ3n) is 15.1. The first-order valence-corrected chi connectivity index (χ1v) is 17.2. The van der Waals surface area contributed by atoms with Crippen molar-refractivity contribution in [2.75, 3.05) is 0 Å². The first-order valence-electron chi connectivity index (χ1n) is 17.2. The summed E-state index contributed by atoms with van der Waals surface area (Å²) in [6.45, 7) is 42.4. The lowest BCUT2D eigenvalue weighted by Gasteiger charge is -2.71. The Balaban J connectivity index is 1.55. The van der Waals surface area contributed by atoms with Crippen molar-refractivity contribution in [3.8, 4) is 0 Å². The summed E-state index contributed by atoms with van der Waals surface area (Å²) in [4.78, 5) is 0. The summed E-state index contributed by atoms with van der Waals surface area (Å²) in [5.41, 5.74) is 6.81. The van der Waals surface area contributed by atoms with Crippen molar-refractivity contribution < 1.29 is 0 Å². The van der Waals surface area contributed by atoms with Gasteiger partial charge in [-0.3, -0.25) is 0 Å². The smallest absolute Gasteiger partial charge is 0.00304 e. The number of hydrogen-bond acceptors (Lipinski definition) is 0. The SMILES string of the molecule is C=C(C)C1C(=C)C2(C)C(C)C3C(=C)C4C(C)C(C5CC=C(C)C(C)C5)CC(C(C)C)C4CC3(C)CC2(C)CC1C. The highest BCUT2D eigenvalue weighted by Crippen LogP contribution is 2.75. The lowest BCUT2D eigenvalue weighted by atomic mass is 9.33. The molecule has 14 atom stereocenters. The van der Waals surface area contributed by atoms with Gasteiger partial charge in [-0.1, -0.05) is 110 Å². The normalized spacial score (nSPS) is 52.9. The molecule has 0 bridgehead atoms. The van der Waals surface area contributed by atoms with Crippen LogP contribution in [0.1, 0.15) is 115 Å². The predicted molar refractivity (Wildman–Crippen MR) is 175 cm³/mol. The minimum Gasteiger partial charge on any atom is -0.0995 e. The third-order valence-corrected chi connectivity index (χ3v) is 15.1. The molecule has 5 aliphatic carbocycles. The summed E-state index contributed by atoms with van der Waals surface area (Å²) < 4.78 is 0. The predicted octanol–water partition coefficient (Wildman–Crippen LogP) is 11.6. The van der Waals surface area contributed by atoms with E-state index in [0.29, 0.717) is 35.0 Å². The molecule has 4 fully saturated rings. The van der Waals surface area contributed by atoms with Crippen LogP contribution >= 0.6 is 0 Å². The maximum Gasteiger partial charge on any atom is 0.00304 e. The minimum atomic E-state index is 0.124. The second kappa shape index (κ2) is 10.0. The fraction of sp³-hybridized carbons (Fsp3) is 0.800. The van der Waals surface area contributed by atoms with E-state index in [1.54, 1.807) is 11.1 Å². The Morgan fingerprint density at radius 1 is 0.975 bits per heavy atom. The summed E-state index contributed by atoms with van der Waals surface area (Å²) in [6, 6.07) is 0. The van der Waals surface area contributed by atoms with Gasteiger partial charge in [0.05, 0.1) is 0 Å². The Kier molecular flexibility index (Phi) is 7.62. The summed E-state index contributed by atoms with van der Waals surface area (Å²) in [5, 5.41) is 0. The van der Waals surface area contributed by atoms with E-state index in [-0.39, 0.29) is 10.8 Å². The summed E-state index contributed by atoms with van der Waals surface area (Å²) in [7, 11) is 0. The Morgan fingerprint density at radius 3 is 2.20 bits per heavy atom. The maximum atomic E-state index is 5.16. The highest BCUT2D eigenvalue weighted by Gasteiger charge is 2.67. The quantitative estimate of drug-likeness (QED) is 0.310. The topological polar surface area (TPSA) is 0 Å². The summed E-state index contributed by atoms with van der Waals surface area (Å²) >= 11 is 0. The second-order valence-corrected chi connectivity index (χ2v) is 17.6. The Morgan fingerprint density at radius 2 is 1.62 bits per heavy atom. The summed E-state index contributed by atoms with van der Waals surface area (Å²) in [5.74, 6) is 8.45. The molecule has 5 aliphatic rings. The van der Waals surface area contributed by atoms with E-state index in [1.165, 1.54) is 49.7 Å². The highest BCUT2D eigenvalue weighted by atomic mass is 14.7. The van der Waals surface area contributed by atoms with Gasteiger partial charge in [-0.15, -0.1) is 0 Å². The molecule has 0 amide bonds. The average Bonchev–Trinajstić information content (AvgIpc) is 2.82. The van der Waals surface area contributed by atoms with Crippen LogP contribution in [-0.4, -0.2) is 0 Å². The molecule has 40 heavy (non-hydrogen) atoms. The Bertz CT molecular complexity index is 1090. The van der Waals surface area contributed by atoms with Crippen LogP contribution in [0.5, 0.6) is 0 Å². The lowest BCUT2D eigenvalue weighted by Crippen LogP contribution is -2.64. The largest absolute Gasteiger partial charge is 0.0995 e. The number of fused-ring (bicyclic) bond motifs is 3. The van der Waals surface area contributed by atoms with E-state index >= 15 is 0 Å². The molecule has 0 saturated heterocycles. The fourth-order valence-electron chi connectivity index (χ4n) is 13.2. The Labute approximate surface area is 249 Å². The van der Waals surface area contributed by atoms with Gasteiger partial charge in [-0.05, 0) is 134 Å². The van der Waals surface area contributed by atoms with Crippen molar-refractivity contribution in [3.05, 3.63) is 48.1 Å². The molecule has 0 heteroatoms. The van der Waals surface area contributed by atoms with Crippen LogP contribution in [0.4, 0.5) is 0 Å². The summed E-state index contributed by atoms with van der Waals surface area (Å²) in [6.07, 6.45) is 10.7. The van der Waals surface area contributed by atoms with Gasteiger partial charge in [-0.25, -0.2) is 0 Å². The fourth-order valence-corrected chi connectivity index (χ4v) is 13.2. The molecule has 0 aromatic rings. The zero-order valence-electron chi connectivity index (χ0n) is 28.4. The molecule has 0 aromatic carbocycles. The standard InChI is InChI=1S/C40H64/c1-22(2)32-18-33(31-16-15-24(5)25(6)17-31)27(8)36-28(9)37-30(11)40(14)29(10)35(23(3)4)26(7)19-39(40,13)21-38(37,12)20-34(32)36/h15,22,25-27,30-37H,3,9-10,16-21H2,1-2,4-8,11-14H3. The molecule has 0 heterocycles. The van der Waals surface area contributed by atoms with Gasteiger partial charge in [-0.2, -0.15) is 0 Å². The Hall–Kier alpha value is -1.04. The van der Waals surface area contributed by atoms with Gasteiger partial charge in [0.1, 0.15) is 0 Å². The monoisotopic (exact) mass is 545 g/mol. The van der Waals surface area contributed by atoms with E-state index in [4.69, 9.17) is 13.2 Å². The molecule has 0 aromatic heterocycles.